The molecule has 1 N–H and O–H groups in total. The molecular formula is C12H11NO5S2. The molecule has 0 aliphatic heterocycles. The summed E-state index contributed by atoms with van der Waals surface area (Å²) in [6.45, 7) is -0.425. The summed E-state index contributed by atoms with van der Waals surface area (Å²) in [6.07, 6.45) is 1.10. The van der Waals surface area contributed by atoms with Gasteiger partial charge in [0, 0.05) is 11.6 Å². The van der Waals surface area contributed by atoms with Crippen LogP contribution in [0.5, 0.6) is 0 Å². The minimum absolute atomic E-state index is 0.170. The lowest BCUT2D eigenvalue weighted by Crippen LogP contribution is -2.19. The standard InChI is InChI=1S/C12H11NO5S2/c1-20(17,18)9-4-2-8(3-5-9)10-7-19-12(16)13(10)6-11(14)15/h2-5,7H,6H2,1H3,(H,14,15). The molecule has 0 saturated carbocycles. The van der Waals surface area contributed by atoms with E-state index < -0.39 is 22.4 Å². The lowest BCUT2D eigenvalue weighted by atomic mass is 10.2. The topological polar surface area (TPSA) is 93.4 Å². The summed E-state index contributed by atoms with van der Waals surface area (Å²) in [4.78, 5) is 22.2. The van der Waals surface area contributed by atoms with E-state index in [0.717, 1.165) is 22.2 Å². The van der Waals surface area contributed by atoms with Crippen molar-refractivity contribution in [1.29, 1.82) is 0 Å². The Morgan fingerprint density at radius 1 is 1.30 bits per heavy atom. The molecule has 2 aromatic rings. The van der Waals surface area contributed by atoms with Gasteiger partial charge in [-0.25, -0.2) is 8.42 Å². The minimum Gasteiger partial charge on any atom is -0.480 e. The van der Waals surface area contributed by atoms with Gasteiger partial charge in [-0.15, -0.1) is 0 Å². The highest BCUT2D eigenvalue weighted by Crippen LogP contribution is 2.22. The molecule has 1 aromatic heterocycles. The number of aliphatic carboxylic acids is 1. The van der Waals surface area contributed by atoms with Crippen LogP contribution >= 0.6 is 11.3 Å². The number of carboxylic acid groups (broad SMARTS) is 1. The highest BCUT2D eigenvalue weighted by atomic mass is 32.2. The molecule has 0 bridgehead atoms. The molecule has 0 radical (unpaired) electrons. The average molecular weight is 313 g/mol. The SMILES string of the molecule is CS(=O)(=O)c1ccc(-c2csc(=O)n2CC(=O)O)cc1. The average Bonchev–Trinajstić information content (AvgIpc) is 2.70. The zero-order chi connectivity index (χ0) is 14.9. The zero-order valence-corrected chi connectivity index (χ0v) is 12.1. The summed E-state index contributed by atoms with van der Waals surface area (Å²) < 4.78 is 23.9. The number of hydrogen-bond acceptors (Lipinski definition) is 5. The molecule has 0 spiro atoms. The van der Waals surface area contributed by atoms with Crippen LogP contribution in [0.2, 0.25) is 0 Å². The van der Waals surface area contributed by atoms with Crippen molar-refractivity contribution in [1.82, 2.24) is 4.57 Å². The number of carbonyl (C=O) groups is 1. The molecule has 0 unspecified atom stereocenters. The molecule has 8 heteroatoms. The minimum atomic E-state index is -3.29. The molecule has 1 heterocycles. The molecule has 0 aliphatic carbocycles. The maximum Gasteiger partial charge on any atom is 0.323 e. The van der Waals surface area contributed by atoms with Crippen LogP contribution < -0.4 is 4.87 Å². The van der Waals surface area contributed by atoms with Gasteiger partial charge in [0.2, 0.25) is 0 Å². The van der Waals surface area contributed by atoms with Crippen molar-refractivity contribution in [3.05, 3.63) is 39.3 Å². The second-order valence-electron chi connectivity index (χ2n) is 4.16. The highest BCUT2D eigenvalue weighted by Gasteiger charge is 2.13. The number of nitrogens with zero attached hydrogens (tertiary/aromatic N) is 1. The van der Waals surface area contributed by atoms with Crippen molar-refractivity contribution in [3.63, 3.8) is 0 Å². The number of benzene rings is 1. The van der Waals surface area contributed by atoms with Gasteiger partial charge in [0.05, 0.1) is 10.6 Å². The summed E-state index contributed by atoms with van der Waals surface area (Å²) in [5.74, 6) is -1.11. The molecule has 2 rings (SSSR count). The van der Waals surface area contributed by atoms with Crippen molar-refractivity contribution in [2.24, 2.45) is 0 Å². The molecule has 0 aliphatic rings. The number of thiazole rings is 1. The van der Waals surface area contributed by atoms with Gasteiger partial charge in [-0.05, 0) is 17.7 Å². The number of rotatable bonds is 4. The zero-order valence-electron chi connectivity index (χ0n) is 10.4. The molecule has 0 saturated heterocycles. The first kappa shape index (κ1) is 14.5. The highest BCUT2D eigenvalue weighted by molar-refractivity contribution is 7.90. The fraction of sp³-hybridized carbons (Fsp3) is 0.167. The molecule has 0 fully saturated rings. The Morgan fingerprint density at radius 3 is 2.40 bits per heavy atom. The predicted octanol–water partition coefficient (Wildman–Crippen LogP) is 1.06. The molecule has 1 aromatic carbocycles. The Hall–Kier alpha value is -1.93. The summed E-state index contributed by atoms with van der Waals surface area (Å²) in [6, 6.07) is 5.96. The molecule has 0 amide bonds. The third-order valence-corrected chi connectivity index (χ3v) is 4.55. The van der Waals surface area contributed by atoms with Gasteiger partial charge >= 0.3 is 10.8 Å². The van der Waals surface area contributed by atoms with E-state index in [1.165, 1.54) is 12.1 Å². The third kappa shape index (κ3) is 2.97. The molecule has 6 nitrogen and oxygen atoms in total. The fourth-order valence-electron chi connectivity index (χ4n) is 1.71. The quantitative estimate of drug-likeness (QED) is 0.911. The number of carboxylic acids is 1. The van der Waals surface area contributed by atoms with Gasteiger partial charge in [-0.1, -0.05) is 23.5 Å². The van der Waals surface area contributed by atoms with Gasteiger partial charge in [0.15, 0.2) is 9.84 Å². The van der Waals surface area contributed by atoms with Crippen molar-refractivity contribution >= 4 is 27.1 Å². The van der Waals surface area contributed by atoms with Crippen LogP contribution in [0.15, 0.2) is 39.3 Å². The smallest absolute Gasteiger partial charge is 0.323 e. The molecule has 0 atom stereocenters. The summed E-state index contributed by atoms with van der Waals surface area (Å²) in [5.41, 5.74) is 1.06. The van der Waals surface area contributed by atoms with Crippen molar-refractivity contribution in [2.45, 2.75) is 11.4 Å². The Balaban J connectivity index is 2.48. The van der Waals surface area contributed by atoms with E-state index in [-0.39, 0.29) is 9.77 Å². The molecule has 20 heavy (non-hydrogen) atoms. The van der Waals surface area contributed by atoms with Crippen LogP contribution in [-0.4, -0.2) is 30.3 Å². The largest absolute Gasteiger partial charge is 0.480 e. The summed E-state index contributed by atoms with van der Waals surface area (Å²) in [5, 5.41) is 10.4. The van der Waals surface area contributed by atoms with E-state index in [1.54, 1.807) is 17.5 Å². The van der Waals surface area contributed by atoms with Gasteiger partial charge in [0.25, 0.3) is 0 Å². The van der Waals surface area contributed by atoms with Crippen LogP contribution in [0, 0.1) is 0 Å². The fourth-order valence-corrected chi connectivity index (χ4v) is 3.11. The van der Waals surface area contributed by atoms with E-state index in [1.807, 2.05) is 0 Å². The Labute approximate surface area is 118 Å². The monoisotopic (exact) mass is 313 g/mol. The normalized spacial score (nSPS) is 11.4. The first-order valence-electron chi connectivity index (χ1n) is 5.49. The predicted molar refractivity (Wildman–Crippen MR) is 74.8 cm³/mol. The molecule has 106 valence electrons. The van der Waals surface area contributed by atoms with Crippen molar-refractivity contribution in [2.75, 3.05) is 6.26 Å². The second-order valence-corrected chi connectivity index (χ2v) is 7.00. The van der Waals surface area contributed by atoms with Gasteiger partial charge in [-0.2, -0.15) is 0 Å². The second kappa shape index (κ2) is 5.22. The van der Waals surface area contributed by atoms with Crippen LogP contribution in [0.4, 0.5) is 0 Å². The van der Waals surface area contributed by atoms with Crippen molar-refractivity contribution < 1.29 is 18.3 Å². The lowest BCUT2D eigenvalue weighted by Gasteiger charge is -2.06. The van der Waals surface area contributed by atoms with Gasteiger partial charge in [-0.3, -0.25) is 14.2 Å². The van der Waals surface area contributed by atoms with E-state index in [2.05, 4.69) is 0 Å². The van der Waals surface area contributed by atoms with E-state index in [4.69, 9.17) is 5.11 Å². The Morgan fingerprint density at radius 2 is 1.90 bits per heavy atom. The molecular weight excluding hydrogens is 302 g/mol. The van der Waals surface area contributed by atoms with Crippen LogP contribution in [-0.2, 0) is 21.2 Å². The third-order valence-electron chi connectivity index (χ3n) is 2.65. The Bertz CT molecular complexity index is 799. The first-order valence-corrected chi connectivity index (χ1v) is 8.27. The van der Waals surface area contributed by atoms with E-state index >= 15 is 0 Å². The van der Waals surface area contributed by atoms with Gasteiger partial charge < -0.3 is 5.11 Å². The van der Waals surface area contributed by atoms with E-state index in [0.29, 0.717) is 11.3 Å². The summed E-state index contributed by atoms with van der Waals surface area (Å²) in [7, 11) is -3.29. The lowest BCUT2D eigenvalue weighted by molar-refractivity contribution is -0.137. The maximum atomic E-state index is 11.6. The van der Waals surface area contributed by atoms with Gasteiger partial charge in [0.1, 0.15) is 6.54 Å². The van der Waals surface area contributed by atoms with E-state index in [9.17, 15) is 18.0 Å². The van der Waals surface area contributed by atoms with Crippen LogP contribution in [0.1, 0.15) is 0 Å². The van der Waals surface area contributed by atoms with Crippen LogP contribution in [0.25, 0.3) is 11.3 Å². The number of aromatic nitrogens is 1. The summed E-state index contributed by atoms with van der Waals surface area (Å²) >= 11 is 0.903. The first-order chi connectivity index (χ1) is 9.29. The van der Waals surface area contributed by atoms with Crippen LogP contribution in [0.3, 0.4) is 0 Å². The number of hydrogen-bond donors (Lipinski definition) is 1. The maximum absolute atomic E-state index is 11.6. The number of sulfone groups is 1. The Kier molecular flexibility index (Phi) is 3.78. The van der Waals surface area contributed by atoms with Crippen molar-refractivity contribution in [3.8, 4) is 11.3 Å².